The van der Waals surface area contributed by atoms with E-state index in [9.17, 15) is 9.18 Å². The second kappa shape index (κ2) is 7.32. The van der Waals surface area contributed by atoms with E-state index in [-0.39, 0.29) is 18.2 Å². The highest BCUT2D eigenvalue weighted by molar-refractivity contribution is 5.75. The molecule has 8 heteroatoms. The number of rotatable bonds is 7. The molecule has 2 rings (SSSR count). The lowest BCUT2D eigenvalue weighted by atomic mass is 10.3. The van der Waals surface area contributed by atoms with Crippen molar-refractivity contribution in [1.82, 2.24) is 25.5 Å². The molecule has 0 atom stereocenters. The van der Waals surface area contributed by atoms with Crippen LogP contribution in [0.4, 0.5) is 4.39 Å². The molecule has 1 aromatic carbocycles. The number of nitrogens with zero attached hydrogens (tertiary/aromatic N) is 4. The van der Waals surface area contributed by atoms with E-state index in [2.05, 4.69) is 20.8 Å². The Kier molecular flexibility index (Phi) is 5.19. The normalized spacial score (nSPS) is 10.4. The summed E-state index contributed by atoms with van der Waals surface area (Å²) in [6.45, 7) is 2.56. The predicted molar refractivity (Wildman–Crippen MR) is 72.1 cm³/mol. The highest BCUT2D eigenvalue weighted by Crippen LogP contribution is 2.15. The SMILES string of the molecule is Cc1nnnn1CC(=O)NCCCOc1ccccc1F. The first kappa shape index (κ1) is 14.9. The molecular weight excluding hydrogens is 277 g/mol. The Labute approximate surface area is 121 Å². The minimum atomic E-state index is -0.393. The number of ether oxygens (including phenoxy) is 1. The zero-order valence-electron chi connectivity index (χ0n) is 11.6. The maximum absolute atomic E-state index is 13.3. The van der Waals surface area contributed by atoms with Crippen LogP contribution in [0.5, 0.6) is 5.75 Å². The molecule has 1 N–H and O–H groups in total. The number of amides is 1. The molecule has 0 radical (unpaired) electrons. The van der Waals surface area contributed by atoms with Crippen LogP contribution < -0.4 is 10.1 Å². The number of carbonyl (C=O) groups is 1. The van der Waals surface area contributed by atoms with E-state index in [0.717, 1.165) is 0 Å². The quantitative estimate of drug-likeness (QED) is 0.760. The molecule has 0 saturated heterocycles. The number of hydrogen-bond acceptors (Lipinski definition) is 5. The molecule has 0 aliphatic rings. The van der Waals surface area contributed by atoms with E-state index in [4.69, 9.17) is 4.74 Å². The van der Waals surface area contributed by atoms with Crippen LogP contribution >= 0.6 is 0 Å². The predicted octanol–water partition coefficient (Wildman–Crippen LogP) is 0.706. The smallest absolute Gasteiger partial charge is 0.241 e. The van der Waals surface area contributed by atoms with Gasteiger partial charge in [-0.2, -0.15) is 0 Å². The average Bonchev–Trinajstić information content (AvgIpc) is 2.86. The Morgan fingerprint density at radius 1 is 1.43 bits per heavy atom. The highest BCUT2D eigenvalue weighted by atomic mass is 19.1. The third-order valence-corrected chi connectivity index (χ3v) is 2.74. The Balaban J connectivity index is 1.63. The van der Waals surface area contributed by atoms with Gasteiger partial charge in [0.25, 0.3) is 0 Å². The molecule has 0 aliphatic heterocycles. The first-order chi connectivity index (χ1) is 10.2. The lowest BCUT2D eigenvalue weighted by molar-refractivity contribution is -0.121. The van der Waals surface area contributed by atoms with Crippen LogP contribution in [0.25, 0.3) is 0 Å². The summed E-state index contributed by atoms with van der Waals surface area (Å²) in [5, 5.41) is 13.5. The van der Waals surface area contributed by atoms with Crippen LogP contribution in [-0.2, 0) is 11.3 Å². The van der Waals surface area contributed by atoms with Gasteiger partial charge in [0.1, 0.15) is 12.4 Å². The van der Waals surface area contributed by atoms with Crippen molar-refractivity contribution in [2.75, 3.05) is 13.2 Å². The van der Waals surface area contributed by atoms with Gasteiger partial charge in [-0.15, -0.1) is 5.10 Å². The topological polar surface area (TPSA) is 81.9 Å². The zero-order valence-corrected chi connectivity index (χ0v) is 11.6. The second-order valence-corrected chi connectivity index (χ2v) is 4.37. The van der Waals surface area contributed by atoms with Crippen molar-refractivity contribution in [3.05, 3.63) is 35.9 Å². The van der Waals surface area contributed by atoms with Crippen molar-refractivity contribution in [2.24, 2.45) is 0 Å². The van der Waals surface area contributed by atoms with Gasteiger partial charge in [0.15, 0.2) is 11.6 Å². The number of aromatic nitrogens is 4. The Bertz CT molecular complexity index is 602. The number of nitrogens with one attached hydrogen (secondary N) is 1. The van der Waals surface area contributed by atoms with Crippen LogP contribution in [0.1, 0.15) is 12.2 Å². The Hall–Kier alpha value is -2.51. The summed E-state index contributed by atoms with van der Waals surface area (Å²) in [5.74, 6) is 0.216. The molecule has 7 nitrogen and oxygen atoms in total. The summed E-state index contributed by atoms with van der Waals surface area (Å²) >= 11 is 0. The van der Waals surface area contributed by atoms with Crippen molar-refractivity contribution < 1.29 is 13.9 Å². The van der Waals surface area contributed by atoms with Gasteiger partial charge in [-0.05, 0) is 35.9 Å². The van der Waals surface area contributed by atoms with Crippen LogP contribution in [-0.4, -0.2) is 39.3 Å². The molecule has 1 aromatic heterocycles. The summed E-state index contributed by atoms with van der Waals surface area (Å²) in [6.07, 6.45) is 0.578. The van der Waals surface area contributed by atoms with E-state index in [1.54, 1.807) is 25.1 Å². The van der Waals surface area contributed by atoms with E-state index in [1.165, 1.54) is 10.7 Å². The van der Waals surface area contributed by atoms with Gasteiger partial charge >= 0.3 is 0 Å². The van der Waals surface area contributed by atoms with Gasteiger partial charge in [-0.3, -0.25) is 4.79 Å². The third kappa shape index (κ3) is 4.51. The fraction of sp³-hybridized carbons (Fsp3) is 0.385. The molecule has 0 unspecified atom stereocenters. The van der Waals surface area contributed by atoms with Crippen molar-refractivity contribution >= 4 is 5.91 Å². The number of benzene rings is 1. The van der Waals surface area contributed by atoms with Crippen LogP contribution in [0.3, 0.4) is 0 Å². The summed E-state index contributed by atoms with van der Waals surface area (Å²) in [4.78, 5) is 11.6. The third-order valence-electron chi connectivity index (χ3n) is 2.74. The van der Waals surface area contributed by atoms with E-state index in [1.807, 2.05) is 0 Å². The fourth-order valence-electron chi connectivity index (χ4n) is 1.63. The van der Waals surface area contributed by atoms with Gasteiger partial charge in [-0.1, -0.05) is 12.1 Å². The molecule has 112 valence electrons. The lowest BCUT2D eigenvalue weighted by Crippen LogP contribution is -2.30. The molecule has 2 aromatic rings. The summed E-state index contributed by atoms with van der Waals surface area (Å²) in [7, 11) is 0. The largest absolute Gasteiger partial charge is 0.490 e. The number of hydrogen-bond donors (Lipinski definition) is 1. The van der Waals surface area contributed by atoms with Crippen molar-refractivity contribution in [1.29, 1.82) is 0 Å². The maximum atomic E-state index is 13.3. The van der Waals surface area contributed by atoms with Crippen LogP contribution in [0, 0.1) is 12.7 Å². The molecule has 0 saturated carbocycles. The number of para-hydroxylation sites is 1. The van der Waals surface area contributed by atoms with Gasteiger partial charge in [0.2, 0.25) is 5.91 Å². The first-order valence-corrected chi connectivity index (χ1v) is 6.53. The van der Waals surface area contributed by atoms with E-state index >= 15 is 0 Å². The van der Waals surface area contributed by atoms with Gasteiger partial charge in [-0.25, -0.2) is 9.07 Å². The molecule has 0 bridgehead atoms. The second-order valence-electron chi connectivity index (χ2n) is 4.37. The van der Waals surface area contributed by atoms with E-state index in [0.29, 0.717) is 25.4 Å². The number of tetrazole rings is 1. The van der Waals surface area contributed by atoms with Crippen LogP contribution in [0.15, 0.2) is 24.3 Å². The molecule has 21 heavy (non-hydrogen) atoms. The number of halogens is 1. The summed E-state index contributed by atoms with van der Waals surface area (Å²) < 4.78 is 19.9. The monoisotopic (exact) mass is 293 g/mol. The molecule has 1 heterocycles. The minimum absolute atomic E-state index is 0.0764. The molecular formula is C13H16FN5O2. The number of carbonyl (C=O) groups excluding carboxylic acids is 1. The molecule has 0 spiro atoms. The summed E-state index contributed by atoms with van der Waals surface area (Å²) in [5.41, 5.74) is 0. The van der Waals surface area contributed by atoms with Gasteiger partial charge in [0, 0.05) is 6.54 Å². The average molecular weight is 293 g/mol. The molecule has 1 amide bonds. The van der Waals surface area contributed by atoms with E-state index < -0.39 is 5.82 Å². The summed E-state index contributed by atoms with van der Waals surface area (Å²) in [6, 6.07) is 6.21. The minimum Gasteiger partial charge on any atom is -0.490 e. The van der Waals surface area contributed by atoms with Crippen molar-refractivity contribution in [2.45, 2.75) is 19.9 Å². The first-order valence-electron chi connectivity index (χ1n) is 6.53. The van der Waals surface area contributed by atoms with Crippen molar-refractivity contribution in [3.63, 3.8) is 0 Å². The van der Waals surface area contributed by atoms with Gasteiger partial charge in [0.05, 0.1) is 6.61 Å². The Morgan fingerprint density at radius 2 is 2.24 bits per heavy atom. The van der Waals surface area contributed by atoms with Crippen LogP contribution in [0.2, 0.25) is 0 Å². The molecule has 0 aliphatic carbocycles. The van der Waals surface area contributed by atoms with Crippen molar-refractivity contribution in [3.8, 4) is 5.75 Å². The highest BCUT2D eigenvalue weighted by Gasteiger charge is 2.06. The lowest BCUT2D eigenvalue weighted by Gasteiger charge is -2.08. The maximum Gasteiger partial charge on any atom is 0.241 e. The standard InChI is InChI=1S/C13H16FN5O2/c1-10-16-17-18-19(10)9-13(20)15-7-4-8-21-12-6-3-2-5-11(12)14/h2-3,5-6H,4,7-9H2,1H3,(H,15,20). The zero-order chi connectivity index (χ0) is 15.1. The van der Waals surface area contributed by atoms with Gasteiger partial charge < -0.3 is 10.1 Å². The Morgan fingerprint density at radius 3 is 2.95 bits per heavy atom. The fourth-order valence-corrected chi connectivity index (χ4v) is 1.63. The molecule has 0 fully saturated rings. The number of aryl methyl sites for hydroxylation is 1.